The number of ether oxygens (including phenoxy) is 1. The van der Waals surface area contributed by atoms with Crippen molar-refractivity contribution in [1.29, 1.82) is 0 Å². The summed E-state index contributed by atoms with van der Waals surface area (Å²) in [5, 5.41) is 7.93. The zero-order chi connectivity index (χ0) is 14.5. The van der Waals surface area contributed by atoms with Crippen LogP contribution in [0, 0.1) is 0 Å². The molecule has 4 nitrogen and oxygen atoms in total. The van der Waals surface area contributed by atoms with Gasteiger partial charge in [0, 0.05) is 6.54 Å². The molecule has 110 valence electrons. The van der Waals surface area contributed by atoms with Gasteiger partial charge in [0.2, 0.25) is 0 Å². The van der Waals surface area contributed by atoms with Gasteiger partial charge in [0.15, 0.2) is 0 Å². The minimum Gasteiger partial charge on any atom is -0.374 e. The predicted octanol–water partition coefficient (Wildman–Crippen LogP) is 3.52. The van der Waals surface area contributed by atoms with E-state index in [1.165, 1.54) is 5.69 Å². The maximum Gasteiger partial charge on any atom is 0.0741 e. The van der Waals surface area contributed by atoms with Crippen molar-refractivity contribution in [2.45, 2.75) is 59.2 Å². The van der Waals surface area contributed by atoms with Gasteiger partial charge in [-0.1, -0.05) is 6.92 Å². The predicted molar refractivity (Wildman–Crippen MR) is 82.3 cm³/mol. The van der Waals surface area contributed by atoms with E-state index in [2.05, 4.69) is 61.0 Å². The van der Waals surface area contributed by atoms with E-state index in [4.69, 9.17) is 4.74 Å². The zero-order valence-corrected chi connectivity index (χ0v) is 14.2. The van der Waals surface area contributed by atoms with Crippen LogP contribution in [0.3, 0.4) is 0 Å². The molecule has 0 aromatic carbocycles. The minimum absolute atomic E-state index is 0.129. The smallest absolute Gasteiger partial charge is 0.0741 e. The average molecular weight is 332 g/mol. The van der Waals surface area contributed by atoms with E-state index in [1.54, 1.807) is 0 Å². The molecule has 19 heavy (non-hydrogen) atoms. The van der Waals surface area contributed by atoms with Crippen molar-refractivity contribution in [3.63, 3.8) is 0 Å². The van der Waals surface area contributed by atoms with E-state index in [0.717, 1.165) is 24.0 Å². The first-order valence-electron chi connectivity index (χ1n) is 6.97. The summed E-state index contributed by atoms with van der Waals surface area (Å²) < 4.78 is 9.00. The van der Waals surface area contributed by atoms with Crippen LogP contribution in [0.5, 0.6) is 0 Å². The molecule has 0 fully saturated rings. The van der Waals surface area contributed by atoms with Crippen molar-refractivity contribution in [1.82, 2.24) is 15.1 Å². The van der Waals surface area contributed by atoms with Gasteiger partial charge in [-0.3, -0.25) is 4.68 Å². The second-order valence-corrected chi connectivity index (χ2v) is 6.48. The molecule has 1 N–H and O–H groups in total. The quantitative estimate of drug-likeness (QED) is 0.830. The number of hydrogen-bond acceptors (Lipinski definition) is 3. The maximum absolute atomic E-state index is 5.94. The fraction of sp³-hybridized carbons (Fsp3) is 0.786. The Morgan fingerprint density at radius 1 is 1.42 bits per heavy atom. The molecule has 0 aliphatic carbocycles. The van der Waals surface area contributed by atoms with Crippen molar-refractivity contribution in [3.05, 3.63) is 16.4 Å². The molecule has 0 bridgehead atoms. The highest BCUT2D eigenvalue weighted by atomic mass is 79.9. The van der Waals surface area contributed by atoms with Gasteiger partial charge in [-0.05, 0) is 56.6 Å². The summed E-state index contributed by atoms with van der Waals surface area (Å²) in [6.45, 7) is 13.0. The molecule has 1 unspecified atom stereocenters. The monoisotopic (exact) mass is 331 g/mol. The molecule has 0 radical (unpaired) electrons. The number of nitrogens with zero attached hydrogens (tertiary/aromatic N) is 2. The number of rotatable bonds is 7. The molecule has 1 rings (SSSR count). The highest BCUT2D eigenvalue weighted by molar-refractivity contribution is 9.10. The Kier molecular flexibility index (Phi) is 6.50. The van der Waals surface area contributed by atoms with Crippen LogP contribution in [-0.4, -0.2) is 28.5 Å². The van der Waals surface area contributed by atoms with E-state index in [0.29, 0.717) is 6.61 Å². The summed E-state index contributed by atoms with van der Waals surface area (Å²) in [6, 6.07) is 0.163. The molecule has 5 heteroatoms. The number of hydrogen-bond donors (Lipinski definition) is 1. The molecule has 1 heterocycles. The standard InChI is InChI=1S/C14H26BrN3O/c1-6-8-16-12(10-19-14(3,4)5)13-11(15)9-17-18(13)7-2/h9,12,16H,6-8,10H2,1-5H3. The van der Waals surface area contributed by atoms with Crippen molar-refractivity contribution in [2.75, 3.05) is 13.2 Å². The minimum atomic E-state index is -0.129. The Labute approximate surface area is 125 Å². The summed E-state index contributed by atoms with van der Waals surface area (Å²) >= 11 is 3.59. The Morgan fingerprint density at radius 3 is 2.63 bits per heavy atom. The Bertz CT molecular complexity index is 385. The second-order valence-electron chi connectivity index (χ2n) is 5.62. The zero-order valence-electron chi connectivity index (χ0n) is 12.7. The number of nitrogens with one attached hydrogen (secondary N) is 1. The summed E-state index contributed by atoms with van der Waals surface area (Å²) in [5.41, 5.74) is 1.04. The van der Waals surface area contributed by atoms with E-state index in [1.807, 2.05) is 10.9 Å². The van der Waals surface area contributed by atoms with Gasteiger partial charge in [0.25, 0.3) is 0 Å². The third-order valence-electron chi connectivity index (χ3n) is 2.79. The third kappa shape index (κ3) is 5.24. The Balaban J connectivity index is 2.85. The average Bonchev–Trinajstić information content (AvgIpc) is 2.70. The van der Waals surface area contributed by atoms with E-state index >= 15 is 0 Å². The van der Waals surface area contributed by atoms with Crippen LogP contribution in [0.2, 0.25) is 0 Å². The van der Waals surface area contributed by atoms with Crippen LogP contribution < -0.4 is 5.32 Å². The van der Waals surface area contributed by atoms with Crippen LogP contribution in [-0.2, 0) is 11.3 Å². The normalized spacial score (nSPS) is 13.8. The fourth-order valence-corrected chi connectivity index (χ4v) is 2.43. The van der Waals surface area contributed by atoms with Crippen molar-refractivity contribution < 1.29 is 4.74 Å². The van der Waals surface area contributed by atoms with Crippen LogP contribution in [0.15, 0.2) is 10.7 Å². The maximum atomic E-state index is 5.94. The van der Waals surface area contributed by atoms with Gasteiger partial charge in [0.05, 0.1) is 34.6 Å². The van der Waals surface area contributed by atoms with Gasteiger partial charge in [-0.15, -0.1) is 0 Å². The first-order valence-corrected chi connectivity index (χ1v) is 7.76. The van der Waals surface area contributed by atoms with Gasteiger partial charge in [0.1, 0.15) is 0 Å². The lowest BCUT2D eigenvalue weighted by molar-refractivity contribution is -0.0158. The van der Waals surface area contributed by atoms with Gasteiger partial charge >= 0.3 is 0 Å². The molecular weight excluding hydrogens is 306 g/mol. The lowest BCUT2D eigenvalue weighted by atomic mass is 10.1. The topological polar surface area (TPSA) is 39.1 Å². The lowest BCUT2D eigenvalue weighted by Crippen LogP contribution is -2.32. The molecule has 1 aromatic heterocycles. The Hall–Kier alpha value is -0.390. The molecule has 0 aliphatic heterocycles. The highest BCUT2D eigenvalue weighted by Gasteiger charge is 2.22. The first kappa shape index (κ1) is 16.7. The van der Waals surface area contributed by atoms with Gasteiger partial charge < -0.3 is 10.1 Å². The molecule has 0 amide bonds. The summed E-state index contributed by atoms with van der Waals surface area (Å²) in [7, 11) is 0. The fourth-order valence-electron chi connectivity index (χ4n) is 1.86. The highest BCUT2D eigenvalue weighted by Crippen LogP contribution is 2.25. The summed E-state index contributed by atoms with van der Waals surface area (Å²) in [5.74, 6) is 0. The third-order valence-corrected chi connectivity index (χ3v) is 3.40. The number of aromatic nitrogens is 2. The van der Waals surface area contributed by atoms with Crippen LogP contribution in [0.1, 0.15) is 52.8 Å². The molecular formula is C14H26BrN3O. The molecule has 0 spiro atoms. The summed E-state index contributed by atoms with van der Waals surface area (Å²) in [4.78, 5) is 0. The van der Waals surface area contributed by atoms with Crippen molar-refractivity contribution in [2.24, 2.45) is 0 Å². The Morgan fingerprint density at radius 2 is 2.11 bits per heavy atom. The lowest BCUT2D eigenvalue weighted by Gasteiger charge is -2.26. The van der Waals surface area contributed by atoms with E-state index < -0.39 is 0 Å². The van der Waals surface area contributed by atoms with E-state index in [9.17, 15) is 0 Å². The number of aryl methyl sites for hydroxylation is 1. The SMILES string of the molecule is CCCNC(COC(C)(C)C)c1c(Br)cnn1CC. The second kappa shape index (κ2) is 7.41. The largest absolute Gasteiger partial charge is 0.374 e. The summed E-state index contributed by atoms with van der Waals surface area (Å²) in [6.07, 6.45) is 2.96. The molecule has 1 atom stereocenters. The van der Waals surface area contributed by atoms with Crippen molar-refractivity contribution >= 4 is 15.9 Å². The first-order chi connectivity index (χ1) is 8.89. The molecule has 0 aliphatic rings. The van der Waals surface area contributed by atoms with E-state index in [-0.39, 0.29) is 11.6 Å². The van der Waals surface area contributed by atoms with Gasteiger partial charge in [-0.25, -0.2) is 0 Å². The molecule has 0 saturated heterocycles. The van der Waals surface area contributed by atoms with Crippen LogP contribution in [0.4, 0.5) is 0 Å². The van der Waals surface area contributed by atoms with Crippen LogP contribution >= 0.6 is 15.9 Å². The van der Waals surface area contributed by atoms with Gasteiger partial charge in [-0.2, -0.15) is 5.10 Å². The molecule has 0 saturated carbocycles. The molecule has 1 aromatic rings. The van der Waals surface area contributed by atoms with Crippen LogP contribution in [0.25, 0.3) is 0 Å². The number of halogens is 1. The van der Waals surface area contributed by atoms with Crippen molar-refractivity contribution in [3.8, 4) is 0 Å².